The van der Waals surface area contributed by atoms with Crippen LogP contribution >= 0.6 is 0 Å². The van der Waals surface area contributed by atoms with Crippen molar-refractivity contribution in [3.8, 4) is 0 Å². The molecule has 1 heterocycles. The van der Waals surface area contributed by atoms with E-state index in [1.165, 1.54) is 16.7 Å². The van der Waals surface area contributed by atoms with Crippen molar-refractivity contribution in [2.75, 3.05) is 6.61 Å². The second-order valence-corrected chi connectivity index (χ2v) is 21.6. The van der Waals surface area contributed by atoms with Crippen molar-refractivity contribution in [3.63, 3.8) is 0 Å². The molecule has 0 bridgehead atoms. The third kappa shape index (κ3) is 9.42. The molecular weight excluding hydrogens is 607 g/mol. The van der Waals surface area contributed by atoms with Gasteiger partial charge in [0.2, 0.25) is 10.0 Å². The van der Waals surface area contributed by atoms with E-state index in [9.17, 15) is 8.42 Å². The number of sulfonamides is 1. The summed E-state index contributed by atoms with van der Waals surface area (Å²) in [7, 11) is -4.20. The van der Waals surface area contributed by atoms with Crippen LogP contribution in [0.4, 0.5) is 0 Å². The monoisotopic (exact) mass is 667 g/mol. The Morgan fingerprint density at radius 2 is 1.43 bits per heavy atom. The average molecular weight is 668 g/mol. The van der Waals surface area contributed by atoms with Gasteiger partial charge in [-0.3, -0.25) is 0 Å². The molecule has 0 spiro atoms. The molecule has 1 atom stereocenters. The van der Waals surface area contributed by atoms with Gasteiger partial charge in [-0.15, -0.1) is 0 Å². The lowest BCUT2D eigenvalue weighted by Gasteiger charge is -2.40. The van der Waals surface area contributed by atoms with Gasteiger partial charge in [0, 0.05) is 31.4 Å². The zero-order chi connectivity index (χ0) is 34.4. The van der Waals surface area contributed by atoms with Crippen LogP contribution in [-0.4, -0.2) is 38.9 Å². The van der Waals surface area contributed by atoms with E-state index in [0.29, 0.717) is 34.9 Å². The summed E-state index contributed by atoms with van der Waals surface area (Å²) in [5, 5.41) is 0. The topological polar surface area (TPSA) is 73.2 Å². The van der Waals surface area contributed by atoms with E-state index >= 15 is 0 Å². The number of nitrogens with zero attached hydrogens (tertiary/aromatic N) is 2. The number of rotatable bonds is 17. The predicted molar refractivity (Wildman–Crippen MR) is 196 cm³/mol. The maximum Gasteiger partial charge on any atom is 0.241 e. The highest BCUT2D eigenvalue weighted by Crippen LogP contribution is 2.39. The lowest BCUT2D eigenvalue weighted by Crippen LogP contribution is -2.49. The van der Waals surface area contributed by atoms with Crippen molar-refractivity contribution < 1.29 is 12.8 Å². The number of aryl methyl sites for hydroxylation is 3. The average Bonchev–Trinajstić information content (AvgIpc) is 3.38. The number of nitrogens with one attached hydrogen (secondary N) is 1. The Labute approximate surface area is 282 Å². The number of hydrogen-bond acceptors (Lipinski definition) is 4. The van der Waals surface area contributed by atoms with Crippen LogP contribution in [0.25, 0.3) is 0 Å². The van der Waals surface area contributed by atoms with Crippen molar-refractivity contribution in [2.45, 2.75) is 141 Å². The zero-order valence-corrected chi connectivity index (χ0v) is 32.5. The molecule has 256 valence electrons. The molecule has 3 rings (SSSR count). The molecular formula is C38H61N3O3SSi. The fourth-order valence-electron chi connectivity index (χ4n) is 6.68. The summed E-state index contributed by atoms with van der Waals surface area (Å²) in [5.41, 5.74) is 7.33. The highest BCUT2D eigenvalue weighted by Gasteiger charge is 2.42. The molecule has 0 aliphatic carbocycles. The molecule has 6 nitrogen and oxygen atoms in total. The predicted octanol–water partition coefficient (Wildman–Crippen LogP) is 9.40. The molecule has 8 heteroatoms. The van der Waals surface area contributed by atoms with Crippen LogP contribution in [-0.2, 0) is 34.3 Å². The minimum Gasteiger partial charge on any atom is -0.415 e. The van der Waals surface area contributed by atoms with Crippen molar-refractivity contribution in [3.05, 3.63) is 82.4 Å². The van der Waals surface area contributed by atoms with Gasteiger partial charge < -0.3 is 8.99 Å². The van der Waals surface area contributed by atoms with E-state index in [-0.39, 0.29) is 11.8 Å². The molecule has 1 N–H and O–H groups in total. The van der Waals surface area contributed by atoms with Crippen molar-refractivity contribution in [1.82, 2.24) is 14.3 Å². The Morgan fingerprint density at radius 1 is 0.870 bits per heavy atom. The Bertz CT molecular complexity index is 1470. The maximum absolute atomic E-state index is 14.6. The molecule has 2 aromatic carbocycles. The molecule has 0 radical (unpaired) electrons. The first-order valence-electron chi connectivity index (χ1n) is 17.3. The summed E-state index contributed by atoms with van der Waals surface area (Å²) < 4.78 is 41.4. The summed E-state index contributed by atoms with van der Waals surface area (Å²) in [5.74, 6) is 0.428. The van der Waals surface area contributed by atoms with Gasteiger partial charge in [0.05, 0.1) is 17.8 Å². The van der Waals surface area contributed by atoms with Crippen molar-refractivity contribution in [1.29, 1.82) is 0 Å². The smallest absolute Gasteiger partial charge is 0.241 e. The van der Waals surface area contributed by atoms with Gasteiger partial charge in [-0.2, -0.15) is 0 Å². The lowest BCUT2D eigenvalue weighted by atomic mass is 9.89. The van der Waals surface area contributed by atoms with Crippen LogP contribution in [0.15, 0.2) is 53.8 Å². The molecule has 1 aromatic heterocycles. The summed E-state index contributed by atoms with van der Waals surface area (Å²) in [6.07, 6.45) is 6.17. The first-order chi connectivity index (χ1) is 21.5. The number of imidazole rings is 1. The van der Waals surface area contributed by atoms with Gasteiger partial charge in [0.15, 0.2) is 8.32 Å². The van der Waals surface area contributed by atoms with E-state index in [1.807, 2.05) is 17.8 Å². The molecule has 0 saturated heterocycles. The van der Waals surface area contributed by atoms with Crippen LogP contribution in [0.1, 0.15) is 127 Å². The minimum atomic E-state index is -3.88. The van der Waals surface area contributed by atoms with Gasteiger partial charge in [-0.05, 0) is 76.9 Å². The fraction of sp³-hybridized carbons (Fsp3) is 0.605. The second-order valence-electron chi connectivity index (χ2n) is 14.9. The Hall–Kier alpha value is -2.26. The standard InChI is InChI=1S/C38H61N3O3SSi/c1-26(2)33-20-36(27(3)4)38(37(21-33)28(5)6)45(42,43)40-34(22-35-23-39-25-41(35)12)24-44-46(29(7)8,30(9)10)19-13-14-32-17-15-31(11)16-18-32/h15-18,20-21,23,25-30,34,40H,13-14,19,22,24H2,1-12H3/t34-/m0/s1. The Morgan fingerprint density at radius 3 is 1.89 bits per heavy atom. The van der Waals surface area contributed by atoms with Crippen LogP contribution < -0.4 is 4.72 Å². The molecule has 3 aromatic rings. The maximum atomic E-state index is 14.6. The fourth-order valence-corrected chi connectivity index (χ4v) is 13.1. The molecule has 0 saturated carbocycles. The van der Waals surface area contributed by atoms with Gasteiger partial charge >= 0.3 is 0 Å². The van der Waals surface area contributed by atoms with Crippen molar-refractivity contribution in [2.24, 2.45) is 7.05 Å². The summed E-state index contributed by atoms with van der Waals surface area (Å²) in [6, 6.07) is 13.6. The van der Waals surface area contributed by atoms with Crippen LogP contribution in [0.3, 0.4) is 0 Å². The lowest BCUT2D eigenvalue weighted by molar-refractivity contribution is 0.249. The number of aromatic nitrogens is 2. The first kappa shape index (κ1) is 38.2. The van der Waals surface area contributed by atoms with E-state index in [4.69, 9.17) is 4.43 Å². The second kappa shape index (κ2) is 16.2. The molecule has 0 unspecified atom stereocenters. The summed E-state index contributed by atoms with van der Waals surface area (Å²) >= 11 is 0. The molecule has 0 aliphatic heterocycles. The molecule has 46 heavy (non-hydrogen) atoms. The van der Waals surface area contributed by atoms with Crippen LogP contribution in [0, 0.1) is 6.92 Å². The van der Waals surface area contributed by atoms with Crippen LogP contribution in [0.2, 0.25) is 17.1 Å². The van der Waals surface area contributed by atoms with Crippen molar-refractivity contribution >= 4 is 18.3 Å². The van der Waals surface area contributed by atoms with E-state index in [1.54, 1.807) is 6.33 Å². The van der Waals surface area contributed by atoms with Gasteiger partial charge in [0.25, 0.3) is 0 Å². The highest BCUT2D eigenvalue weighted by molar-refractivity contribution is 7.89. The molecule has 0 amide bonds. The quantitative estimate of drug-likeness (QED) is 0.146. The molecule has 0 aliphatic rings. The third-order valence-electron chi connectivity index (χ3n) is 9.70. The molecule has 0 fully saturated rings. The van der Waals surface area contributed by atoms with Gasteiger partial charge in [-0.1, -0.05) is 111 Å². The van der Waals surface area contributed by atoms with Gasteiger partial charge in [0.1, 0.15) is 0 Å². The van der Waals surface area contributed by atoms with Crippen LogP contribution in [0.5, 0.6) is 0 Å². The Balaban J connectivity index is 1.98. The summed E-state index contributed by atoms with van der Waals surface area (Å²) in [6.45, 7) is 24.3. The number of benzene rings is 2. The normalized spacial score (nSPS) is 13.6. The Kier molecular flexibility index (Phi) is 13.5. The van der Waals surface area contributed by atoms with E-state index in [0.717, 1.165) is 35.7 Å². The third-order valence-corrected chi connectivity index (χ3v) is 17.1. The first-order valence-corrected chi connectivity index (χ1v) is 21.1. The van der Waals surface area contributed by atoms with E-state index < -0.39 is 24.4 Å². The minimum absolute atomic E-state index is 0.0602. The van der Waals surface area contributed by atoms with E-state index in [2.05, 4.69) is 122 Å². The number of hydrogen-bond donors (Lipinski definition) is 1. The SMILES string of the molecule is Cc1ccc(CCC[Si](OC[C@H](Cc2cncn2C)NS(=O)(=O)c2c(C(C)C)cc(C(C)C)cc2C(C)C)(C(C)C)C(C)C)cc1. The zero-order valence-electron chi connectivity index (χ0n) is 30.6. The summed E-state index contributed by atoms with van der Waals surface area (Å²) in [4.78, 5) is 4.76. The van der Waals surface area contributed by atoms with Gasteiger partial charge in [-0.25, -0.2) is 18.1 Å². The largest absolute Gasteiger partial charge is 0.415 e. The highest BCUT2D eigenvalue weighted by atomic mass is 32.2.